The first-order chi connectivity index (χ1) is 9.75. The molecule has 0 aliphatic carbocycles. The Balaban J connectivity index is 1.65. The number of carbonyl (C=O) groups excluding carboxylic acids is 1. The number of nitrogens with one attached hydrogen (secondary N) is 1. The molecule has 0 aromatic carbocycles. The van der Waals surface area contributed by atoms with Crippen LogP contribution in [0.4, 0.5) is 0 Å². The van der Waals surface area contributed by atoms with Crippen molar-refractivity contribution in [2.45, 2.75) is 44.2 Å². The Kier molecular flexibility index (Phi) is 4.91. The van der Waals surface area contributed by atoms with Gasteiger partial charge in [-0.1, -0.05) is 0 Å². The van der Waals surface area contributed by atoms with Gasteiger partial charge in [-0.3, -0.25) is 9.69 Å². The highest BCUT2D eigenvalue weighted by Gasteiger charge is 2.35. The largest absolute Gasteiger partial charge is 0.317 e. The number of carbonyl (C=O) groups is 1. The first kappa shape index (κ1) is 14.7. The second kappa shape index (κ2) is 6.69. The van der Waals surface area contributed by atoms with E-state index in [1.807, 2.05) is 11.4 Å². The van der Waals surface area contributed by atoms with Crippen molar-refractivity contribution in [3.63, 3.8) is 0 Å². The molecular formula is C15H21BrN2OS. The summed E-state index contributed by atoms with van der Waals surface area (Å²) >= 11 is 5.21. The van der Waals surface area contributed by atoms with E-state index >= 15 is 0 Å². The molecule has 3 heterocycles. The van der Waals surface area contributed by atoms with Crippen molar-refractivity contribution in [3.05, 3.63) is 20.8 Å². The van der Waals surface area contributed by atoms with E-state index in [1.54, 1.807) is 11.3 Å². The molecule has 0 bridgehead atoms. The second-order valence-electron chi connectivity index (χ2n) is 5.71. The van der Waals surface area contributed by atoms with Gasteiger partial charge >= 0.3 is 0 Å². The Bertz CT molecular complexity index is 470. The van der Waals surface area contributed by atoms with E-state index in [2.05, 4.69) is 26.1 Å². The lowest BCUT2D eigenvalue weighted by Crippen LogP contribution is -2.48. The lowest BCUT2D eigenvalue weighted by atomic mass is 10.0. The molecule has 1 N–H and O–H groups in total. The SMILES string of the molecule is O=C(Cc1sccc1Br)C1CCCN1C1CCNCC1. The highest BCUT2D eigenvalue weighted by atomic mass is 79.9. The normalized spacial score (nSPS) is 25.1. The van der Waals surface area contributed by atoms with Crippen LogP contribution in [0.5, 0.6) is 0 Å². The molecule has 5 heteroatoms. The number of thiophene rings is 1. The van der Waals surface area contributed by atoms with Gasteiger partial charge in [-0.15, -0.1) is 11.3 Å². The molecule has 0 amide bonds. The van der Waals surface area contributed by atoms with E-state index in [4.69, 9.17) is 0 Å². The number of Topliss-reactive ketones (excluding diaryl/α,β-unsaturated/α-hetero) is 1. The topological polar surface area (TPSA) is 32.3 Å². The van der Waals surface area contributed by atoms with Crippen LogP contribution in [0.2, 0.25) is 0 Å². The van der Waals surface area contributed by atoms with Crippen molar-refractivity contribution in [2.24, 2.45) is 0 Å². The number of ketones is 1. The van der Waals surface area contributed by atoms with Gasteiger partial charge in [-0.05, 0) is 72.7 Å². The molecule has 110 valence electrons. The van der Waals surface area contributed by atoms with Gasteiger partial charge < -0.3 is 5.32 Å². The first-order valence-electron chi connectivity index (χ1n) is 7.47. The average molecular weight is 357 g/mol. The first-order valence-corrected chi connectivity index (χ1v) is 9.14. The summed E-state index contributed by atoms with van der Waals surface area (Å²) in [5.41, 5.74) is 0. The molecule has 1 aromatic heterocycles. The van der Waals surface area contributed by atoms with Crippen LogP contribution in [0.25, 0.3) is 0 Å². The van der Waals surface area contributed by atoms with Gasteiger partial charge in [0.2, 0.25) is 0 Å². The number of hydrogen-bond acceptors (Lipinski definition) is 4. The Hall–Kier alpha value is -0.230. The van der Waals surface area contributed by atoms with Gasteiger partial charge in [-0.2, -0.15) is 0 Å². The van der Waals surface area contributed by atoms with Gasteiger partial charge in [0.1, 0.15) is 0 Å². The van der Waals surface area contributed by atoms with Crippen LogP contribution in [-0.4, -0.2) is 42.4 Å². The number of likely N-dealkylation sites (tertiary alicyclic amines) is 1. The molecule has 2 aliphatic rings. The Labute approximate surface area is 132 Å². The second-order valence-corrected chi connectivity index (χ2v) is 7.57. The van der Waals surface area contributed by atoms with Crippen LogP contribution in [-0.2, 0) is 11.2 Å². The summed E-state index contributed by atoms with van der Waals surface area (Å²) in [5, 5.41) is 5.46. The highest BCUT2D eigenvalue weighted by Crippen LogP contribution is 2.28. The maximum atomic E-state index is 12.6. The number of hydrogen-bond donors (Lipinski definition) is 1. The summed E-state index contributed by atoms with van der Waals surface area (Å²) in [7, 11) is 0. The van der Waals surface area contributed by atoms with Crippen molar-refractivity contribution in [2.75, 3.05) is 19.6 Å². The van der Waals surface area contributed by atoms with Crippen LogP contribution in [0.1, 0.15) is 30.6 Å². The molecule has 20 heavy (non-hydrogen) atoms. The van der Waals surface area contributed by atoms with E-state index in [0.29, 0.717) is 18.2 Å². The number of rotatable bonds is 4. The minimum absolute atomic E-state index is 0.159. The van der Waals surface area contributed by atoms with Crippen molar-refractivity contribution < 1.29 is 4.79 Å². The zero-order valence-corrected chi connectivity index (χ0v) is 14.0. The van der Waals surface area contributed by atoms with Crippen LogP contribution in [0.3, 0.4) is 0 Å². The minimum atomic E-state index is 0.159. The summed E-state index contributed by atoms with van der Waals surface area (Å²) in [6, 6.07) is 2.80. The van der Waals surface area contributed by atoms with Gasteiger partial charge in [-0.25, -0.2) is 0 Å². The fraction of sp³-hybridized carbons (Fsp3) is 0.667. The predicted octanol–water partition coefficient (Wildman–Crippen LogP) is 2.84. The molecule has 2 saturated heterocycles. The van der Waals surface area contributed by atoms with E-state index in [0.717, 1.165) is 30.5 Å². The van der Waals surface area contributed by atoms with Crippen molar-refractivity contribution in [3.8, 4) is 0 Å². The number of halogens is 1. The molecule has 1 atom stereocenters. The molecule has 2 aliphatic heterocycles. The Morgan fingerprint density at radius 1 is 1.40 bits per heavy atom. The lowest BCUT2D eigenvalue weighted by Gasteiger charge is -2.35. The number of piperidine rings is 1. The maximum Gasteiger partial charge on any atom is 0.155 e. The summed E-state index contributed by atoms with van der Waals surface area (Å²) in [4.78, 5) is 16.3. The van der Waals surface area contributed by atoms with Crippen LogP contribution >= 0.6 is 27.3 Å². The maximum absolute atomic E-state index is 12.6. The molecular weight excluding hydrogens is 336 g/mol. The molecule has 2 fully saturated rings. The minimum Gasteiger partial charge on any atom is -0.317 e. The van der Waals surface area contributed by atoms with Crippen molar-refractivity contribution in [1.29, 1.82) is 0 Å². The summed E-state index contributed by atoms with van der Waals surface area (Å²) in [5.74, 6) is 0.407. The van der Waals surface area contributed by atoms with Crippen LogP contribution in [0.15, 0.2) is 15.9 Å². The third-order valence-corrected chi connectivity index (χ3v) is 6.40. The van der Waals surface area contributed by atoms with E-state index in [9.17, 15) is 4.79 Å². The van der Waals surface area contributed by atoms with Gasteiger partial charge in [0.25, 0.3) is 0 Å². The third kappa shape index (κ3) is 3.16. The van der Waals surface area contributed by atoms with E-state index < -0.39 is 0 Å². The zero-order valence-electron chi connectivity index (χ0n) is 11.6. The fourth-order valence-corrected chi connectivity index (χ4v) is 4.94. The fourth-order valence-electron chi connectivity index (χ4n) is 3.44. The Morgan fingerprint density at radius 2 is 2.20 bits per heavy atom. The third-order valence-electron chi connectivity index (χ3n) is 4.47. The zero-order chi connectivity index (χ0) is 13.9. The smallest absolute Gasteiger partial charge is 0.155 e. The molecule has 1 aromatic rings. The average Bonchev–Trinajstić information content (AvgIpc) is 3.09. The quantitative estimate of drug-likeness (QED) is 0.900. The van der Waals surface area contributed by atoms with Gasteiger partial charge in [0, 0.05) is 21.8 Å². The lowest BCUT2D eigenvalue weighted by molar-refractivity contribution is -0.123. The van der Waals surface area contributed by atoms with Gasteiger partial charge in [0.15, 0.2) is 5.78 Å². The summed E-state index contributed by atoms with van der Waals surface area (Å²) in [6.07, 6.45) is 5.18. The van der Waals surface area contributed by atoms with Crippen LogP contribution in [0, 0.1) is 0 Å². The van der Waals surface area contributed by atoms with Crippen LogP contribution < -0.4 is 5.32 Å². The molecule has 0 spiro atoms. The molecule has 0 radical (unpaired) electrons. The summed E-state index contributed by atoms with van der Waals surface area (Å²) < 4.78 is 1.09. The summed E-state index contributed by atoms with van der Waals surface area (Å²) in [6.45, 7) is 3.30. The predicted molar refractivity (Wildman–Crippen MR) is 86.3 cm³/mol. The highest BCUT2D eigenvalue weighted by molar-refractivity contribution is 9.10. The molecule has 1 unspecified atom stereocenters. The molecule has 3 nitrogen and oxygen atoms in total. The van der Waals surface area contributed by atoms with Crippen molar-refractivity contribution in [1.82, 2.24) is 10.2 Å². The standard InChI is InChI=1S/C15H21BrN2OS/c16-12-5-9-20-15(12)10-14(19)13-2-1-8-18(13)11-3-6-17-7-4-11/h5,9,11,13,17H,1-4,6-8,10H2. The monoisotopic (exact) mass is 356 g/mol. The Morgan fingerprint density at radius 3 is 2.90 bits per heavy atom. The molecule has 3 rings (SSSR count). The number of nitrogens with zero attached hydrogens (tertiary/aromatic N) is 1. The van der Waals surface area contributed by atoms with E-state index in [-0.39, 0.29) is 6.04 Å². The van der Waals surface area contributed by atoms with E-state index in [1.165, 1.54) is 24.1 Å². The van der Waals surface area contributed by atoms with Gasteiger partial charge in [0.05, 0.1) is 6.04 Å². The molecule has 0 saturated carbocycles. The van der Waals surface area contributed by atoms with Crippen molar-refractivity contribution >= 4 is 33.0 Å².